The van der Waals surface area contributed by atoms with Gasteiger partial charge in [-0.3, -0.25) is 37.3 Å². The van der Waals surface area contributed by atoms with Crippen LogP contribution in [-0.4, -0.2) is 96.7 Å². The molecule has 19 heteroatoms. The summed E-state index contributed by atoms with van der Waals surface area (Å²) in [5, 5.41) is 10.7. The predicted octanol–water partition coefficient (Wildman–Crippen LogP) is 27.5. The highest BCUT2D eigenvalue weighted by molar-refractivity contribution is 7.47. The molecule has 0 amide bonds. The summed E-state index contributed by atoms with van der Waals surface area (Å²) < 4.78 is 69.0. The molecule has 0 rings (SSSR count). The first-order chi connectivity index (χ1) is 52.5. The van der Waals surface area contributed by atoms with Crippen LogP contribution in [0.25, 0.3) is 0 Å². The van der Waals surface area contributed by atoms with E-state index in [-0.39, 0.29) is 25.7 Å². The minimum Gasteiger partial charge on any atom is -0.462 e. The van der Waals surface area contributed by atoms with Gasteiger partial charge in [-0.05, 0) is 31.6 Å². The number of phosphoric acid groups is 2. The van der Waals surface area contributed by atoms with Crippen molar-refractivity contribution in [2.45, 2.75) is 502 Å². The second-order valence-electron chi connectivity index (χ2n) is 32.5. The van der Waals surface area contributed by atoms with E-state index in [1.54, 1.807) is 0 Å². The highest BCUT2D eigenvalue weighted by Crippen LogP contribution is 2.45. The molecule has 0 heterocycles. The van der Waals surface area contributed by atoms with Crippen LogP contribution in [-0.2, 0) is 65.4 Å². The van der Waals surface area contributed by atoms with Crippen LogP contribution in [0.3, 0.4) is 0 Å². The highest BCUT2D eigenvalue weighted by Gasteiger charge is 2.30. The van der Waals surface area contributed by atoms with Gasteiger partial charge >= 0.3 is 39.5 Å². The number of rotatable bonds is 89. The third-order valence-corrected chi connectivity index (χ3v) is 22.9. The van der Waals surface area contributed by atoms with Gasteiger partial charge in [-0.15, -0.1) is 0 Å². The fraction of sp³-hybridized carbons (Fsp3) is 0.955. The summed E-state index contributed by atoms with van der Waals surface area (Å²) in [7, 11) is -9.93. The summed E-state index contributed by atoms with van der Waals surface area (Å²) in [4.78, 5) is 73.3. The van der Waals surface area contributed by atoms with E-state index in [9.17, 15) is 43.2 Å². The quantitative estimate of drug-likeness (QED) is 0.0222. The van der Waals surface area contributed by atoms with Crippen molar-refractivity contribution in [1.82, 2.24) is 0 Å². The molecule has 0 aromatic carbocycles. The van der Waals surface area contributed by atoms with Crippen LogP contribution in [0.15, 0.2) is 0 Å². The van der Waals surface area contributed by atoms with Crippen molar-refractivity contribution < 1.29 is 80.2 Å². The number of carbonyl (C=O) groups excluding carboxylic acids is 4. The number of hydrogen-bond donors (Lipinski definition) is 3. The molecule has 0 radical (unpaired) electrons. The van der Waals surface area contributed by atoms with E-state index < -0.39 is 97.5 Å². The minimum absolute atomic E-state index is 0.108. The summed E-state index contributed by atoms with van der Waals surface area (Å²) in [5.74, 6) is -1.30. The van der Waals surface area contributed by atoms with Gasteiger partial charge in [0, 0.05) is 25.7 Å². The van der Waals surface area contributed by atoms with E-state index in [4.69, 9.17) is 37.0 Å². The zero-order valence-corrected chi connectivity index (χ0v) is 72.8. The van der Waals surface area contributed by atoms with Crippen molar-refractivity contribution in [2.24, 2.45) is 5.92 Å². The van der Waals surface area contributed by atoms with Gasteiger partial charge in [-0.25, -0.2) is 9.13 Å². The Morgan fingerprint density at radius 2 is 0.426 bits per heavy atom. The average molecular weight is 1580 g/mol. The number of hydrogen-bond acceptors (Lipinski definition) is 15. The highest BCUT2D eigenvalue weighted by atomic mass is 31.2. The summed E-state index contributed by atoms with van der Waals surface area (Å²) >= 11 is 0. The van der Waals surface area contributed by atoms with Gasteiger partial charge in [-0.1, -0.05) is 433 Å². The molecule has 17 nitrogen and oxygen atoms in total. The van der Waals surface area contributed by atoms with E-state index in [0.717, 1.165) is 95.8 Å². The monoisotopic (exact) mass is 1580 g/mol. The Bertz CT molecular complexity index is 2050. The van der Waals surface area contributed by atoms with Gasteiger partial charge in [-0.2, -0.15) is 0 Å². The summed E-state index contributed by atoms with van der Waals surface area (Å²) in [5.41, 5.74) is 0. The van der Waals surface area contributed by atoms with Gasteiger partial charge in [0.05, 0.1) is 26.4 Å². The molecule has 0 saturated heterocycles. The second-order valence-corrected chi connectivity index (χ2v) is 35.4. The molecule has 0 bridgehead atoms. The molecular formula is C89H174O17P2. The summed E-state index contributed by atoms with van der Waals surface area (Å²) in [6.45, 7) is 7.39. The topological polar surface area (TPSA) is 237 Å². The SMILES string of the molecule is CCCCCCCCCCCCCCCCCCCCCCCCC(=O)O[C@H](COC(=O)CCCCCCCCCCCCCCCCCCCCC)COP(=O)(O)OC[C@@H](O)COP(=O)(O)OC[C@@H](COC(=O)CCCCCCCCCCCC)OC(=O)CCCCCCCCCCCCCCCCC(C)C. The number of unbranched alkanes of at least 4 members (excludes halogenated alkanes) is 61. The first-order valence-electron chi connectivity index (χ1n) is 46.1. The molecule has 0 saturated carbocycles. The summed E-state index contributed by atoms with van der Waals surface area (Å²) in [6.07, 6.45) is 76.5. The molecule has 0 spiro atoms. The molecule has 0 aliphatic carbocycles. The molecule has 0 aromatic rings. The van der Waals surface area contributed by atoms with Crippen LogP contribution in [0.4, 0.5) is 0 Å². The van der Waals surface area contributed by atoms with Gasteiger partial charge in [0.25, 0.3) is 0 Å². The molecule has 5 atom stereocenters. The minimum atomic E-state index is -4.97. The zero-order valence-electron chi connectivity index (χ0n) is 71.0. The molecule has 0 aliphatic heterocycles. The Labute approximate surface area is 664 Å². The number of carbonyl (C=O) groups is 4. The van der Waals surface area contributed by atoms with Gasteiger partial charge in [0.2, 0.25) is 0 Å². The van der Waals surface area contributed by atoms with E-state index in [1.165, 1.54) is 308 Å². The predicted molar refractivity (Wildman–Crippen MR) is 446 cm³/mol. The average Bonchev–Trinajstić information content (AvgIpc) is 0.906. The van der Waals surface area contributed by atoms with Crippen molar-refractivity contribution in [3.8, 4) is 0 Å². The van der Waals surface area contributed by atoms with Crippen molar-refractivity contribution in [1.29, 1.82) is 0 Å². The number of aliphatic hydroxyl groups is 1. The molecule has 0 aliphatic rings. The number of aliphatic hydroxyl groups excluding tert-OH is 1. The molecule has 2 unspecified atom stereocenters. The molecule has 642 valence electrons. The smallest absolute Gasteiger partial charge is 0.462 e. The fourth-order valence-electron chi connectivity index (χ4n) is 14.0. The van der Waals surface area contributed by atoms with Crippen LogP contribution in [0, 0.1) is 5.92 Å². The van der Waals surface area contributed by atoms with Crippen LogP contribution in [0.5, 0.6) is 0 Å². The summed E-state index contributed by atoms with van der Waals surface area (Å²) in [6, 6.07) is 0. The maximum atomic E-state index is 13.2. The Morgan fingerprint density at radius 3 is 0.630 bits per heavy atom. The molecule has 3 N–H and O–H groups in total. The molecule has 0 aromatic heterocycles. The van der Waals surface area contributed by atoms with Gasteiger partial charge in [0.15, 0.2) is 12.2 Å². The van der Waals surface area contributed by atoms with E-state index in [0.29, 0.717) is 25.7 Å². The normalized spacial score (nSPS) is 13.7. The number of ether oxygens (including phenoxy) is 4. The third kappa shape index (κ3) is 82.1. The lowest BCUT2D eigenvalue weighted by Gasteiger charge is -2.21. The lowest BCUT2D eigenvalue weighted by Crippen LogP contribution is -2.30. The standard InChI is InChI=1S/C89H174O17P2/c1-6-9-12-15-18-21-24-26-28-30-32-33-34-36-38-40-45-49-54-59-64-69-74-88(93)106-85(79-100-87(92)73-68-63-58-53-48-44-39-37-35-31-29-27-25-22-19-16-13-10-7-2)81-104-108(97,98)102-77-83(90)76-101-107(95,96)103-80-84(78-99-86(91)72-67-62-57-52-23-20-17-14-11-8-3)105-89(94)75-70-65-60-55-50-46-42-41-43-47-51-56-61-66-71-82(4)5/h82-85,90H,6-81H2,1-5H3,(H,95,96)(H,97,98)/t83-,84+,85+/m0/s1. The van der Waals surface area contributed by atoms with Crippen LogP contribution < -0.4 is 0 Å². The van der Waals surface area contributed by atoms with Crippen molar-refractivity contribution in [2.75, 3.05) is 39.6 Å². The van der Waals surface area contributed by atoms with E-state index >= 15 is 0 Å². The Hall–Kier alpha value is -1.94. The van der Waals surface area contributed by atoms with E-state index in [1.807, 2.05) is 0 Å². The molecule has 108 heavy (non-hydrogen) atoms. The Balaban J connectivity index is 5.21. The zero-order chi connectivity index (χ0) is 79.0. The number of phosphoric ester groups is 2. The van der Waals surface area contributed by atoms with Crippen molar-refractivity contribution >= 4 is 39.5 Å². The lowest BCUT2D eigenvalue weighted by molar-refractivity contribution is -0.161. The Kier molecular flexibility index (Phi) is 80.2. The van der Waals surface area contributed by atoms with Gasteiger partial charge < -0.3 is 33.8 Å². The maximum absolute atomic E-state index is 13.2. The Morgan fingerprint density at radius 1 is 0.250 bits per heavy atom. The molecular weight excluding hydrogens is 1400 g/mol. The first kappa shape index (κ1) is 106. The first-order valence-corrected chi connectivity index (χ1v) is 49.1. The largest absolute Gasteiger partial charge is 0.472 e. The fourth-order valence-corrected chi connectivity index (χ4v) is 15.6. The lowest BCUT2D eigenvalue weighted by atomic mass is 10.0. The molecule has 0 fully saturated rings. The maximum Gasteiger partial charge on any atom is 0.472 e. The number of esters is 4. The van der Waals surface area contributed by atoms with Crippen LogP contribution in [0.1, 0.15) is 484 Å². The second kappa shape index (κ2) is 81.6. The third-order valence-electron chi connectivity index (χ3n) is 21.0. The van der Waals surface area contributed by atoms with Crippen molar-refractivity contribution in [3.05, 3.63) is 0 Å². The van der Waals surface area contributed by atoms with Crippen molar-refractivity contribution in [3.63, 3.8) is 0 Å². The van der Waals surface area contributed by atoms with Gasteiger partial charge in [0.1, 0.15) is 19.3 Å². The van der Waals surface area contributed by atoms with E-state index in [2.05, 4.69) is 34.6 Å². The van der Waals surface area contributed by atoms with Crippen LogP contribution in [0.2, 0.25) is 0 Å². The van der Waals surface area contributed by atoms with Crippen LogP contribution >= 0.6 is 15.6 Å².